The Morgan fingerprint density at radius 3 is 1.93 bits per heavy atom. The van der Waals surface area contributed by atoms with Crippen molar-refractivity contribution in [3.63, 3.8) is 0 Å². The van der Waals surface area contributed by atoms with Gasteiger partial charge in [0.1, 0.15) is 39.8 Å². The van der Waals surface area contributed by atoms with Crippen molar-refractivity contribution in [3.8, 4) is 0 Å². The van der Waals surface area contributed by atoms with E-state index in [1.54, 1.807) is 24.3 Å². The molecular weight excluding hydrogens is 1000 g/mol. The van der Waals surface area contributed by atoms with E-state index in [4.69, 9.17) is 12.6 Å². The molecule has 3 aromatic rings. The maximum absolute atomic E-state index is 15.9. The van der Waals surface area contributed by atoms with Gasteiger partial charge in [-0.3, -0.25) is 0 Å². The van der Waals surface area contributed by atoms with Gasteiger partial charge in [-0.05, 0) is 85.1 Å². The topological polar surface area (TPSA) is 229 Å². The molecule has 0 bridgehead atoms. The first-order valence-electron chi connectivity index (χ1n) is 20.3. The molecule has 0 saturated carbocycles. The summed E-state index contributed by atoms with van der Waals surface area (Å²) < 4.78 is 178. The predicted molar refractivity (Wildman–Crippen MR) is 233 cm³/mol. The average Bonchev–Trinajstić information content (AvgIpc) is 3.52. The van der Waals surface area contributed by atoms with Crippen LogP contribution < -0.4 is 93.6 Å². The number of hydrogen-bond acceptors (Lipinski definition) is 13. The molecule has 0 unspecified atom stereocenters. The number of unbranched alkanes of at least 4 members (excludes halogenated alkanes) is 2. The summed E-state index contributed by atoms with van der Waals surface area (Å²) in [6.45, 7) is 8.23. The summed E-state index contributed by atoms with van der Waals surface area (Å²) in [7, 11) is -16.8. The molecule has 0 fully saturated rings. The number of halogens is 3. The van der Waals surface area contributed by atoms with Crippen LogP contribution in [-0.2, 0) is 51.8 Å². The summed E-state index contributed by atoms with van der Waals surface area (Å²) in [4.78, 5) is 1.40. The SMILES string of the molecule is CC1(C)C(/C=C/C2=C(c3c(F)cc(F)cc3F)C(=C/C=C3/N(CCCCS(=O)(=O)[O-])c4ccc(S(=O)(=O)[O-])cc4C3(C)C)/CCC2)=[N+](CCCCS(=O)(=O)[O-])c2cc[c-]cc21.O=S(=O)=O.[Na+].[Na+].[Na+]. The van der Waals surface area contributed by atoms with Crippen molar-refractivity contribution in [1.29, 1.82) is 0 Å². The van der Waals surface area contributed by atoms with Crippen molar-refractivity contribution in [1.82, 2.24) is 0 Å². The minimum absolute atomic E-state index is 0. The smallest absolute Gasteiger partial charge is 0.748 e. The van der Waals surface area contributed by atoms with E-state index in [-0.39, 0.29) is 120 Å². The van der Waals surface area contributed by atoms with Crippen LogP contribution in [-0.4, -0.2) is 86.4 Å². The Hall–Kier alpha value is -1.77. The zero-order valence-corrected chi connectivity index (χ0v) is 48.0. The third-order valence-corrected chi connectivity index (χ3v) is 14.0. The summed E-state index contributed by atoms with van der Waals surface area (Å²) in [6, 6.07) is 13.8. The molecule has 0 amide bonds. The molecule has 0 spiro atoms. The molecule has 0 saturated heterocycles. The fraction of sp³-hybridized carbons (Fsp3) is 0.386. The average molecular weight is 1050 g/mol. The van der Waals surface area contributed by atoms with Gasteiger partial charge in [0.25, 0.3) is 0 Å². The van der Waals surface area contributed by atoms with Crippen LogP contribution in [0.5, 0.6) is 0 Å². The fourth-order valence-corrected chi connectivity index (χ4v) is 10.3. The van der Waals surface area contributed by atoms with E-state index in [9.17, 15) is 43.3 Å². The molecule has 24 heteroatoms. The second-order valence-corrected chi connectivity index (χ2v) is 21.6. The zero-order valence-electron chi connectivity index (χ0n) is 38.8. The van der Waals surface area contributed by atoms with Crippen molar-refractivity contribution in [2.75, 3.05) is 29.5 Å². The van der Waals surface area contributed by atoms with Crippen molar-refractivity contribution in [2.24, 2.45) is 0 Å². The van der Waals surface area contributed by atoms with E-state index >= 15 is 8.78 Å². The number of rotatable bonds is 15. The normalized spacial score (nSPS) is 17.5. The molecule has 3 aromatic carbocycles. The summed E-state index contributed by atoms with van der Waals surface area (Å²) in [5.74, 6) is -4.40. The third-order valence-electron chi connectivity index (χ3n) is 11.6. The first-order chi connectivity index (χ1) is 30.1. The molecule has 0 radical (unpaired) electrons. The molecular formula is C44H46F3N2Na3O12S4. The number of allylic oxidation sites excluding steroid dienone is 8. The van der Waals surface area contributed by atoms with Gasteiger partial charge >= 0.3 is 99.3 Å². The van der Waals surface area contributed by atoms with Crippen LogP contribution in [0.15, 0.2) is 94.6 Å². The van der Waals surface area contributed by atoms with Gasteiger partial charge in [-0.2, -0.15) is 18.2 Å². The van der Waals surface area contributed by atoms with Crippen molar-refractivity contribution in [2.45, 2.75) is 88.4 Å². The molecule has 3 aliphatic rings. The van der Waals surface area contributed by atoms with Crippen LogP contribution in [0.3, 0.4) is 0 Å². The first-order valence-corrected chi connectivity index (χ1v) is 25.8. The van der Waals surface area contributed by atoms with Gasteiger partial charge in [0, 0.05) is 64.9 Å². The molecule has 1 aliphatic carbocycles. The molecule has 352 valence electrons. The molecule has 68 heavy (non-hydrogen) atoms. The first kappa shape index (κ1) is 62.3. The van der Waals surface area contributed by atoms with Crippen LogP contribution >= 0.6 is 0 Å². The van der Waals surface area contributed by atoms with Gasteiger partial charge < -0.3 is 18.6 Å². The second-order valence-electron chi connectivity index (χ2n) is 16.7. The molecule has 0 N–H and O–H groups in total. The van der Waals surface area contributed by atoms with Gasteiger partial charge in [0.15, 0.2) is 5.71 Å². The number of hydrogen-bond donors (Lipinski definition) is 0. The maximum atomic E-state index is 15.9. The number of nitrogens with zero attached hydrogens (tertiary/aromatic N) is 2. The third kappa shape index (κ3) is 15.6. The van der Waals surface area contributed by atoms with E-state index in [2.05, 4.69) is 6.07 Å². The largest absolute Gasteiger partial charge is 1.00 e. The Morgan fingerprint density at radius 1 is 0.765 bits per heavy atom. The Labute approximate surface area is 464 Å². The zero-order chi connectivity index (χ0) is 48.3. The van der Waals surface area contributed by atoms with E-state index < -0.39 is 91.2 Å². The van der Waals surface area contributed by atoms with E-state index in [0.29, 0.717) is 72.5 Å². The number of anilines is 1. The number of benzene rings is 3. The van der Waals surface area contributed by atoms with Gasteiger partial charge in [0.05, 0.1) is 30.7 Å². The second kappa shape index (κ2) is 25.3. The van der Waals surface area contributed by atoms with E-state index in [1.165, 1.54) is 18.2 Å². The van der Waals surface area contributed by atoms with E-state index in [1.807, 2.05) is 55.4 Å². The van der Waals surface area contributed by atoms with Crippen LogP contribution in [0.25, 0.3) is 5.57 Å². The van der Waals surface area contributed by atoms with Crippen molar-refractivity contribution < 1.29 is 158 Å². The summed E-state index contributed by atoms with van der Waals surface area (Å²) in [5.41, 5.74) is 3.60. The van der Waals surface area contributed by atoms with Gasteiger partial charge in [-0.1, -0.05) is 45.4 Å². The summed E-state index contributed by atoms with van der Waals surface area (Å²) in [6.07, 6.45) is 9.25. The maximum Gasteiger partial charge on any atom is 1.00 e. The molecule has 2 heterocycles. The van der Waals surface area contributed by atoms with Gasteiger partial charge in [0.2, 0.25) is 0 Å². The fourth-order valence-electron chi connectivity index (χ4n) is 8.67. The van der Waals surface area contributed by atoms with Crippen LogP contribution in [0, 0.1) is 23.5 Å². The van der Waals surface area contributed by atoms with E-state index in [0.717, 1.165) is 17.0 Å². The van der Waals surface area contributed by atoms with Crippen LogP contribution in [0.1, 0.15) is 89.3 Å². The van der Waals surface area contributed by atoms with Crippen LogP contribution in [0.4, 0.5) is 24.5 Å². The van der Waals surface area contributed by atoms with Gasteiger partial charge in [-0.15, -0.1) is 18.7 Å². The minimum atomic E-state index is -4.83. The molecule has 0 atom stereocenters. The molecule has 6 rings (SSSR count). The summed E-state index contributed by atoms with van der Waals surface area (Å²) >= 11 is 0. The minimum Gasteiger partial charge on any atom is -0.748 e. The predicted octanol–water partition coefficient (Wildman–Crippen LogP) is -2.35. The monoisotopic (exact) mass is 1050 g/mol. The van der Waals surface area contributed by atoms with Crippen molar-refractivity contribution >= 4 is 63.6 Å². The van der Waals surface area contributed by atoms with Gasteiger partial charge in [-0.25, -0.2) is 43.0 Å². The quantitative estimate of drug-likeness (QED) is 0.0511. The Bertz CT molecular complexity index is 2990. The Morgan fingerprint density at radius 2 is 1.35 bits per heavy atom. The molecule has 14 nitrogen and oxygen atoms in total. The Kier molecular flexibility index (Phi) is 23.2. The molecule has 0 aromatic heterocycles. The molecule has 2 aliphatic heterocycles. The summed E-state index contributed by atoms with van der Waals surface area (Å²) in [5, 5.41) is 0. The van der Waals surface area contributed by atoms with Crippen LogP contribution in [0.2, 0.25) is 0 Å². The number of fused-ring (bicyclic) bond motifs is 2. The Balaban J connectivity index is 0.00000218. The van der Waals surface area contributed by atoms with Crippen molar-refractivity contribution in [3.05, 3.63) is 130 Å². The standard InChI is InChI=1S/C44H49F3N2O9S3.3Na.O3S/c1-43(2)33-14-5-6-15-37(33)48(22-7-9-24-59(50,51)52)39(43)20-16-29-12-11-13-30(41(29)42-35(46)26-31(45)27-36(42)47)17-21-40-44(3,4)34-28-32(61(56,57)58)18-19-38(34)49(40)23-8-10-25-60(53,54)55;;;;1-4(2)3/h6,14-21,26-28H,7-13,22-25H2,1-4H3,(H,50,51,52)(H,53,54,55)(H,56,57,58);;;;/q;3*+1;/p-3.